The van der Waals surface area contributed by atoms with Crippen LogP contribution in [0, 0.1) is 19.7 Å². The van der Waals surface area contributed by atoms with Crippen LogP contribution in [0.3, 0.4) is 0 Å². The molecule has 1 aromatic carbocycles. The Hall–Kier alpha value is -1.94. The Morgan fingerprint density at radius 1 is 1.26 bits per heavy atom. The molecular weight excluding hydrogens is 263 g/mol. The molecule has 96 valence electrons. The van der Waals surface area contributed by atoms with Crippen molar-refractivity contribution in [2.45, 2.75) is 13.8 Å². The highest BCUT2D eigenvalue weighted by Crippen LogP contribution is 2.27. The highest BCUT2D eigenvalue weighted by molar-refractivity contribution is 7.14. The third-order valence-corrected chi connectivity index (χ3v) is 4.26. The lowest BCUT2D eigenvalue weighted by Gasteiger charge is -1.91. The Morgan fingerprint density at radius 2 is 2.05 bits per heavy atom. The zero-order valence-corrected chi connectivity index (χ0v) is 11.3. The van der Waals surface area contributed by atoms with Gasteiger partial charge in [0.15, 0.2) is 17.2 Å². The van der Waals surface area contributed by atoms with Crippen molar-refractivity contribution in [1.82, 2.24) is 0 Å². The lowest BCUT2D eigenvalue weighted by atomic mass is 10.2. The summed E-state index contributed by atoms with van der Waals surface area (Å²) in [6, 6.07) is 8.07. The Bertz CT molecular complexity index is 763. The van der Waals surface area contributed by atoms with Gasteiger partial charge in [0.1, 0.15) is 0 Å². The lowest BCUT2D eigenvalue weighted by molar-refractivity contribution is 0.101. The summed E-state index contributed by atoms with van der Waals surface area (Å²) in [6.45, 7) is 3.93. The summed E-state index contributed by atoms with van der Waals surface area (Å²) in [5.41, 5.74) is 1.21. The molecule has 0 aliphatic heterocycles. The van der Waals surface area contributed by atoms with E-state index in [-0.39, 0.29) is 17.1 Å². The largest absolute Gasteiger partial charge is 0.449 e. The second-order valence-electron chi connectivity index (χ2n) is 4.45. The molecule has 0 saturated heterocycles. The van der Waals surface area contributed by atoms with E-state index in [1.807, 2.05) is 19.9 Å². The second kappa shape index (κ2) is 4.31. The minimum Gasteiger partial charge on any atom is -0.449 e. The number of para-hydroxylation sites is 1. The smallest absolute Gasteiger partial charge is 0.238 e. The van der Waals surface area contributed by atoms with E-state index in [1.165, 1.54) is 17.4 Å². The van der Waals surface area contributed by atoms with Gasteiger partial charge in [-0.25, -0.2) is 4.39 Å². The van der Waals surface area contributed by atoms with E-state index in [1.54, 1.807) is 18.2 Å². The molecule has 0 fully saturated rings. The summed E-state index contributed by atoms with van der Waals surface area (Å²) < 4.78 is 18.9. The van der Waals surface area contributed by atoms with E-state index in [0.717, 1.165) is 10.4 Å². The first-order valence-corrected chi connectivity index (χ1v) is 6.67. The summed E-state index contributed by atoms with van der Waals surface area (Å²) in [4.78, 5) is 14.0. The van der Waals surface area contributed by atoms with E-state index in [0.29, 0.717) is 10.3 Å². The van der Waals surface area contributed by atoms with Crippen LogP contribution >= 0.6 is 11.3 Å². The molecule has 0 atom stereocenters. The number of carbonyl (C=O) groups is 1. The number of hydrogen-bond acceptors (Lipinski definition) is 3. The van der Waals surface area contributed by atoms with Gasteiger partial charge in [-0.15, -0.1) is 11.3 Å². The normalized spacial score (nSPS) is 11.1. The Balaban J connectivity index is 2.09. The quantitative estimate of drug-likeness (QED) is 0.645. The van der Waals surface area contributed by atoms with Gasteiger partial charge in [-0.3, -0.25) is 4.79 Å². The molecule has 0 spiro atoms. The topological polar surface area (TPSA) is 30.2 Å². The minimum absolute atomic E-state index is 0.135. The number of ketones is 1. The summed E-state index contributed by atoms with van der Waals surface area (Å²) in [7, 11) is 0. The van der Waals surface area contributed by atoms with Crippen LogP contribution in [-0.2, 0) is 0 Å². The number of thiophene rings is 1. The number of fused-ring (bicyclic) bond motifs is 1. The van der Waals surface area contributed by atoms with Crippen LogP contribution in [0.25, 0.3) is 11.0 Å². The Labute approximate surface area is 113 Å². The number of benzene rings is 1. The zero-order chi connectivity index (χ0) is 13.6. The van der Waals surface area contributed by atoms with Gasteiger partial charge in [-0.2, -0.15) is 0 Å². The minimum atomic E-state index is -0.449. The van der Waals surface area contributed by atoms with E-state index in [4.69, 9.17) is 4.42 Å². The van der Waals surface area contributed by atoms with Crippen LogP contribution in [-0.4, -0.2) is 5.78 Å². The molecule has 0 bridgehead atoms. The molecule has 0 amide bonds. The fourth-order valence-corrected chi connectivity index (χ4v) is 2.92. The molecule has 19 heavy (non-hydrogen) atoms. The third kappa shape index (κ3) is 1.98. The standard InChI is InChI=1S/C15H11FO2S/c1-8-6-13(19-9(8)2)14(17)12-7-10-4-3-5-11(16)15(10)18-12/h3-7H,1-2H3. The highest BCUT2D eigenvalue weighted by atomic mass is 32.1. The van der Waals surface area contributed by atoms with E-state index >= 15 is 0 Å². The first kappa shape index (κ1) is 12.1. The molecule has 3 rings (SSSR count). The molecule has 0 saturated carbocycles. The van der Waals surface area contributed by atoms with Crippen molar-refractivity contribution in [3.63, 3.8) is 0 Å². The van der Waals surface area contributed by atoms with Crippen molar-refractivity contribution >= 4 is 28.1 Å². The predicted octanol–water partition coefficient (Wildman–Crippen LogP) is 4.48. The molecule has 0 aliphatic carbocycles. The van der Waals surface area contributed by atoms with Gasteiger partial charge in [0.2, 0.25) is 5.78 Å². The summed E-state index contributed by atoms with van der Waals surface area (Å²) >= 11 is 1.43. The number of hydrogen-bond donors (Lipinski definition) is 0. The van der Waals surface area contributed by atoms with Crippen molar-refractivity contribution in [3.8, 4) is 0 Å². The van der Waals surface area contributed by atoms with Crippen molar-refractivity contribution in [2.24, 2.45) is 0 Å². The van der Waals surface area contributed by atoms with Crippen LogP contribution in [0.2, 0.25) is 0 Å². The van der Waals surface area contributed by atoms with Crippen LogP contribution in [0.1, 0.15) is 25.9 Å². The van der Waals surface area contributed by atoms with Gasteiger partial charge in [-0.05, 0) is 37.6 Å². The molecule has 2 aromatic heterocycles. The van der Waals surface area contributed by atoms with Gasteiger partial charge in [-0.1, -0.05) is 12.1 Å². The molecule has 2 heterocycles. The number of aryl methyl sites for hydroxylation is 2. The van der Waals surface area contributed by atoms with Gasteiger partial charge in [0, 0.05) is 10.3 Å². The van der Waals surface area contributed by atoms with Crippen molar-refractivity contribution in [1.29, 1.82) is 0 Å². The fraction of sp³-hybridized carbons (Fsp3) is 0.133. The van der Waals surface area contributed by atoms with Gasteiger partial charge >= 0.3 is 0 Å². The Morgan fingerprint density at radius 3 is 2.68 bits per heavy atom. The number of furan rings is 1. The number of carbonyl (C=O) groups excluding carboxylic acids is 1. The highest BCUT2D eigenvalue weighted by Gasteiger charge is 2.18. The summed E-state index contributed by atoms with van der Waals surface area (Å²) in [6.07, 6.45) is 0. The molecule has 4 heteroatoms. The number of rotatable bonds is 2. The maximum atomic E-state index is 13.5. The molecule has 0 unspecified atom stereocenters. The van der Waals surface area contributed by atoms with Crippen molar-refractivity contribution in [3.05, 3.63) is 57.2 Å². The number of halogens is 1. The SMILES string of the molecule is Cc1cc(C(=O)c2cc3cccc(F)c3o2)sc1C. The average Bonchev–Trinajstić information content (AvgIpc) is 2.94. The zero-order valence-electron chi connectivity index (χ0n) is 10.5. The maximum absolute atomic E-state index is 13.5. The molecular formula is C15H11FO2S. The predicted molar refractivity (Wildman–Crippen MR) is 73.4 cm³/mol. The monoisotopic (exact) mass is 274 g/mol. The first-order valence-electron chi connectivity index (χ1n) is 5.86. The lowest BCUT2D eigenvalue weighted by Crippen LogP contribution is -1.95. The van der Waals surface area contributed by atoms with Crippen LogP contribution in [0.4, 0.5) is 4.39 Å². The van der Waals surface area contributed by atoms with Crippen LogP contribution in [0.5, 0.6) is 0 Å². The van der Waals surface area contributed by atoms with Crippen LogP contribution < -0.4 is 0 Å². The van der Waals surface area contributed by atoms with E-state index in [9.17, 15) is 9.18 Å². The Kier molecular flexibility index (Phi) is 2.75. The molecule has 3 aromatic rings. The van der Waals surface area contributed by atoms with E-state index < -0.39 is 5.82 Å². The molecule has 2 nitrogen and oxygen atoms in total. The molecule has 0 aliphatic rings. The first-order chi connectivity index (χ1) is 9.06. The van der Waals surface area contributed by atoms with E-state index in [2.05, 4.69) is 0 Å². The molecule has 0 N–H and O–H groups in total. The average molecular weight is 274 g/mol. The van der Waals surface area contributed by atoms with Crippen molar-refractivity contribution in [2.75, 3.05) is 0 Å². The second-order valence-corrected chi connectivity index (χ2v) is 5.70. The van der Waals surface area contributed by atoms with Crippen LogP contribution in [0.15, 0.2) is 34.7 Å². The van der Waals surface area contributed by atoms with Gasteiger partial charge < -0.3 is 4.42 Å². The molecule has 0 radical (unpaired) electrons. The maximum Gasteiger partial charge on any atom is 0.238 e. The summed E-state index contributed by atoms with van der Waals surface area (Å²) in [5.74, 6) is -0.465. The fourth-order valence-electron chi connectivity index (χ4n) is 1.95. The van der Waals surface area contributed by atoms with Gasteiger partial charge in [0.05, 0.1) is 4.88 Å². The van der Waals surface area contributed by atoms with Crippen molar-refractivity contribution < 1.29 is 13.6 Å². The summed E-state index contributed by atoms with van der Waals surface area (Å²) in [5, 5.41) is 0.605. The third-order valence-electron chi connectivity index (χ3n) is 3.11. The van der Waals surface area contributed by atoms with Gasteiger partial charge in [0.25, 0.3) is 0 Å².